The zero-order valence-corrected chi connectivity index (χ0v) is 9.03. The first kappa shape index (κ1) is 10.5. The van der Waals surface area contributed by atoms with Crippen LogP contribution in [0.4, 0.5) is 10.2 Å². The fourth-order valence-corrected chi connectivity index (χ4v) is 1.57. The Balaban J connectivity index is 2.73. The largest absolute Gasteiger partial charge is 0.507 e. The molecule has 1 aromatic heterocycles. The number of phenolic OH excluding ortho intramolecular Hbond substituents is 1. The van der Waals surface area contributed by atoms with Crippen LogP contribution in [-0.2, 0) is 7.05 Å². The van der Waals surface area contributed by atoms with Crippen molar-refractivity contribution in [1.29, 1.82) is 0 Å². The third-order valence-electron chi connectivity index (χ3n) is 2.57. The van der Waals surface area contributed by atoms with Gasteiger partial charge in [-0.05, 0) is 18.6 Å². The molecule has 0 aliphatic carbocycles. The van der Waals surface area contributed by atoms with Crippen molar-refractivity contribution in [3.05, 3.63) is 29.7 Å². The quantitative estimate of drug-likeness (QED) is 0.772. The van der Waals surface area contributed by atoms with Gasteiger partial charge in [-0.2, -0.15) is 5.10 Å². The second-order valence-electron chi connectivity index (χ2n) is 3.66. The van der Waals surface area contributed by atoms with Gasteiger partial charge in [0.2, 0.25) is 0 Å². The third kappa shape index (κ3) is 1.41. The lowest BCUT2D eigenvalue weighted by molar-refractivity contribution is 0.471. The van der Waals surface area contributed by atoms with E-state index in [1.54, 1.807) is 14.0 Å². The smallest absolute Gasteiger partial charge is 0.137 e. The Bertz CT molecular complexity index is 548. The molecule has 3 N–H and O–H groups in total. The number of phenols is 1. The van der Waals surface area contributed by atoms with E-state index in [0.29, 0.717) is 16.9 Å². The second-order valence-corrected chi connectivity index (χ2v) is 3.66. The van der Waals surface area contributed by atoms with E-state index in [2.05, 4.69) is 5.10 Å². The second kappa shape index (κ2) is 3.52. The van der Waals surface area contributed by atoms with Crippen molar-refractivity contribution in [3.8, 4) is 16.9 Å². The molecule has 0 bridgehead atoms. The summed E-state index contributed by atoms with van der Waals surface area (Å²) in [6, 6.07) is 2.96. The van der Waals surface area contributed by atoms with Gasteiger partial charge in [0.15, 0.2) is 0 Å². The van der Waals surface area contributed by atoms with E-state index in [-0.39, 0.29) is 11.3 Å². The summed E-state index contributed by atoms with van der Waals surface area (Å²) in [5, 5.41) is 13.6. The molecule has 16 heavy (non-hydrogen) atoms. The number of anilines is 1. The molecule has 4 nitrogen and oxygen atoms in total. The van der Waals surface area contributed by atoms with Crippen molar-refractivity contribution < 1.29 is 9.50 Å². The van der Waals surface area contributed by atoms with Crippen molar-refractivity contribution in [1.82, 2.24) is 9.78 Å². The summed E-state index contributed by atoms with van der Waals surface area (Å²) < 4.78 is 15.3. The summed E-state index contributed by atoms with van der Waals surface area (Å²) in [5.74, 6) is -0.290. The minimum Gasteiger partial charge on any atom is -0.507 e. The molecule has 0 unspecified atom stereocenters. The van der Waals surface area contributed by atoms with Crippen LogP contribution in [0.2, 0.25) is 0 Å². The number of nitrogens with two attached hydrogens (primary N) is 1. The number of benzene rings is 1. The molecular weight excluding hydrogens is 209 g/mol. The van der Waals surface area contributed by atoms with E-state index in [0.717, 1.165) is 0 Å². The molecule has 0 aliphatic heterocycles. The van der Waals surface area contributed by atoms with Crippen LogP contribution in [0.3, 0.4) is 0 Å². The Morgan fingerprint density at radius 2 is 2.12 bits per heavy atom. The van der Waals surface area contributed by atoms with Crippen LogP contribution in [0.5, 0.6) is 5.75 Å². The Hall–Kier alpha value is -2.04. The fraction of sp³-hybridized carbons (Fsp3) is 0.182. The maximum atomic E-state index is 13.9. The number of aryl methyl sites for hydroxylation is 2. The van der Waals surface area contributed by atoms with Gasteiger partial charge in [-0.3, -0.25) is 4.68 Å². The summed E-state index contributed by atoms with van der Waals surface area (Å²) in [5.41, 5.74) is 6.71. The molecular formula is C11H12FN3O. The lowest BCUT2D eigenvalue weighted by Gasteiger charge is -2.07. The standard InChI is InChI=1S/C11H12FN3O/c1-6-3-4-8(16)9(10(6)12)7-5-14-15(2)11(7)13/h3-5,16H,13H2,1-2H3. The summed E-state index contributed by atoms with van der Waals surface area (Å²) >= 11 is 0. The molecule has 84 valence electrons. The van der Waals surface area contributed by atoms with Crippen LogP contribution in [0.15, 0.2) is 18.3 Å². The Morgan fingerprint density at radius 3 is 2.69 bits per heavy atom. The molecule has 0 spiro atoms. The summed E-state index contributed by atoms with van der Waals surface area (Å²) in [4.78, 5) is 0. The van der Waals surface area contributed by atoms with Gasteiger partial charge in [-0.15, -0.1) is 0 Å². The number of nitrogens with zero attached hydrogens (tertiary/aromatic N) is 2. The number of nitrogen functional groups attached to an aromatic ring is 1. The highest BCUT2D eigenvalue weighted by molar-refractivity contribution is 5.79. The van der Waals surface area contributed by atoms with Crippen LogP contribution in [0.1, 0.15) is 5.56 Å². The van der Waals surface area contributed by atoms with Crippen molar-refractivity contribution in [2.45, 2.75) is 6.92 Å². The summed E-state index contributed by atoms with van der Waals surface area (Å²) in [6.45, 7) is 1.63. The van der Waals surface area contributed by atoms with Crippen LogP contribution in [0.25, 0.3) is 11.1 Å². The molecule has 1 heterocycles. The van der Waals surface area contributed by atoms with E-state index in [1.807, 2.05) is 0 Å². The molecule has 0 amide bonds. The Morgan fingerprint density at radius 1 is 1.44 bits per heavy atom. The van der Waals surface area contributed by atoms with Crippen LogP contribution < -0.4 is 5.73 Å². The lowest BCUT2D eigenvalue weighted by Crippen LogP contribution is -1.99. The molecule has 0 saturated heterocycles. The minimum absolute atomic E-state index is 0.102. The topological polar surface area (TPSA) is 64.1 Å². The molecule has 0 fully saturated rings. The van der Waals surface area contributed by atoms with Gasteiger partial charge in [-0.25, -0.2) is 4.39 Å². The van der Waals surface area contributed by atoms with Gasteiger partial charge in [0.1, 0.15) is 17.4 Å². The zero-order valence-electron chi connectivity index (χ0n) is 9.03. The number of hydrogen-bond acceptors (Lipinski definition) is 3. The molecule has 2 rings (SSSR count). The maximum Gasteiger partial charge on any atom is 0.137 e. The van der Waals surface area contributed by atoms with Gasteiger partial charge in [0, 0.05) is 7.05 Å². The molecule has 0 radical (unpaired) electrons. The van der Waals surface area contributed by atoms with Crippen LogP contribution in [-0.4, -0.2) is 14.9 Å². The van der Waals surface area contributed by atoms with Crippen molar-refractivity contribution in [3.63, 3.8) is 0 Å². The van der Waals surface area contributed by atoms with Gasteiger partial charge < -0.3 is 10.8 Å². The minimum atomic E-state index is -0.472. The monoisotopic (exact) mass is 221 g/mol. The number of halogens is 1. The van der Waals surface area contributed by atoms with Crippen LogP contribution >= 0.6 is 0 Å². The summed E-state index contributed by atoms with van der Waals surface area (Å²) in [6.07, 6.45) is 1.44. The SMILES string of the molecule is Cc1ccc(O)c(-c2cnn(C)c2N)c1F. The molecule has 0 aliphatic rings. The van der Waals surface area contributed by atoms with E-state index in [1.165, 1.54) is 23.0 Å². The average Bonchev–Trinajstić information content (AvgIpc) is 2.56. The predicted octanol–water partition coefficient (Wildman–Crippen LogP) is 1.82. The first-order valence-electron chi connectivity index (χ1n) is 4.78. The molecule has 0 saturated carbocycles. The lowest BCUT2D eigenvalue weighted by atomic mass is 10.0. The Labute approximate surface area is 92.1 Å². The number of rotatable bonds is 1. The molecule has 1 aromatic carbocycles. The normalized spacial score (nSPS) is 10.7. The van der Waals surface area contributed by atoms with Gasteiger partial charge in [-0.1, -0.05) is 6.07 Å². The molecule has 5 heteroatoms. The van der Waals surface area contributed by atoms with Crippen molar-refractivity contribution in [2.24, 2.45) is 7.05 Å². The first-order valence-corrected chi connectivity index (χ1v) is 4.78. The van der Waals surface area contributed by atoms with E-state index in [9.17, 15) is 9.50 Å². The molecule has 2 aromatic rings. The highest BCUT2D eigenvalue weighted by Crippen LogP contribution is 2.36. The van der Waals surface area contributed by atoms with Gasteiger partial charge in [0.05, 0.1) is 17.3 Å². The average molecular weight is 221 g/mol. The maximum absolute atomic E-state index is 13.9. The van der Waals surface area contributed by atoms with E-state index in [4.69, 9.17) is 5.73 Å². The van der Waals surface area contributed by atoms with E-state index >= 15 is 0 Å². The predicted molar refractivity (Wildman–Crippen MR) is 59.4 cm³/mol. The highest BCUT2D eigenvalue weighted by Gasteiger charge is 2.17. The zero-order chi connectivity index (χ0) is 11.9. The highest BCUT2D eigenvalue weighted by atomic mass is 19.1. The fourth-order valence-electron chi connectivity index (χ4n) is 1.57. The van der Waals surface area contributed by atoms with E-state index < -0.39 is 5.82 Å². The number of aromatic hydroxyl groups is 1. The van der Waals surface area contributed by atoms with Gasteiger partial charge >= 0.3 is 0 Å². The van der Waals surface area contributed by atoms with Crippen molar-refractivity contribution >= 4 is 5.82 Å². The summed E-state index contributed by atoms with van der Waals surface area (Å²) in [7, 11) is 1.66. The third-order valence-corrected chi connectivity index (χ3v) is 2.57. The van der Waals surface area contributed by atoms with Crippen LogP contribution in [0, 0.1) is 12.7 Å². The van der Waals surface area contributed by atoms with Gasteiger partial charge in [0.25, 0.3) is 0 Å². The number of hydrogen-bond donors (Lipinski definition) is 2. The molecule has 0 atom stereocenters. The van der Waals surface area contributed by atoms with Crippen molar-refractivity contribution in [2.75, 3.05) is 5.73 Å². The number of aromatic nitrogens is 2. The first-order chi connectivity index (χ1) is 7.52. The Kier molecular flexibility index (Phi) is 2.30.